The lowest BCUT2D eigenvalue weighted by molar-refractivity contribution is 0.0976. The van der Waals surface area contributed by atoms with Gasteiger partial charge >= 0.3 is 6.03 Å². The summed E-state index contributed by atoms with van der Waals surface area (Å²) < 4.78 is 40.6. The van der Waals surface area contributed by atoms with Gasteiger partial charge < -0.3 is 15.5 Å². The zero-order chi connectivity index (χ0) is 24.8. The molecule has 34 heavy (non-hydrogen) atoms. The van der Waals surface area contributed by atoms with Crippen molar-refractivity contribution in [3.8, 4) is 0 Å². The second kappa shape index (κ2) is 11.2. The maximum atomic E-state index is 13.8. The first-order valence-electron chi connectivity index (χ1n) is 10.7. The molecule has 0 aromatic heterocycles. The number of amides is 3. The van der Waals surface area contributed by atoms with Crippen molar-refractivity contribution < 1.29 is 22.8 Å². The molecule has 1 fully saturated rings. The molecule has 1 aliphatic carbocycles. The Labute approximate surface area is 200 Å². The van der Waals surface area contributed by atoms with Gasteiger partial charge in [0.2, 0.25) is 5.96 Å². The monoisotopic (exact) mass is 495 g/mol. The lowest BCUT2D eigenvalue weighted by Crippen LogP contribution is -2.44. The molecule has 1 saturated carbocycles. The molecule has 0 aliphatic heterocycles. The molecule has 2 aromatic rings. The van der Waals surface area contributed by atoms with Crippen LogP contribution < -0.4 is 16.0 Å². The Hall–Kier alpha value is -3.27. The van der Waals surface area contributed by atoms with Gasteiger partial charge in [0.05, 0.1) is 6.04 Å². The fourth-order valence-corrected chi connectivity index (χ4v) is 3.73. The quantitative estimate of drug-likeness (QED) is 0.430. The molecule has 1 aliphatic rings. The Bertz CT molecular complexity index is 1070. The first-order valence-corrected chi connectivity index (χ1v) is 11.0. The number of urea groups is 1. The summed E-state index contributed by atoms with van der Waals surface area (Å²) in [6, 6.07) is 6.19. The zero-order valence-corrected chi connectivity index (χ0v) is 19.4. The molecule has 0 unspecified atom stereocenters. The second-order valence-corrected chi connectivity index (χ2v) is 8.63. The van der Waals surface area contributed by atoms with Gasteiger partial charge in [0.15, 0.2) is 11.6 Å². The van der Waals surface area contributed by atoms with Crippen molar-refractivity contribution in [1.82, 2.24) is 15.5 Å². The summed E-state index contributed by atoms with van der Waals surface area (Å²) >= 11 is 5.92. The topological polar surface area (TPSA) is 85.8 Å². The number of nitrogens with zero attached hydrogens (tertiary/aromatic N) is 2. The Kier molecular flexibility index (Phi) is 8.38. The Morgan fingerprint density at radius 2 is 1.71 bits per heavy atom. The number of carbonyl (C=O) groups excluding carboxylic acids is 2. The van der Waals surface area contributed by atoms with Gasteiger partial charge in [0.1, 0.15) is 5.82 Å². The predicted molar refractivity (Wildman–Crippen MR) is 125 cm³/mol. The van der Waals surface area contributed by atoms with Crippen molar-refractivity contribution in [2.24, 2.45) is 4.99 Å². The zero-order valence-electron chi connectivity index (χ0n) is 18.7. The smallest absolute Gasteiger partial charge is 0.317 e. The molecule has 11 heteroatoms. The van der Waals surface area contributed by atoms with Crippen molar-refractivity contribution in [3.63, 3.8) is 0 Å². The molecule has 7 nitrogen and oxygen atoms in total. The molecular weight excluding hydrogens is 471 g/mol. The van der Waals surface area contributed by atoms with Crippen LogP contribution in [0.15, 0.2) is 41.4 Å². The Balaban J connectivity index is 1.76. The van der Waals surface area contributed by atoms with Gasteiger partial charge in [0.25, 0.3) is 5.91 Å². The fourth-order valence-electron chi connectivity index (χ4n) is 3.51. The number of nitrogens with one attached hydrogen (secondary N) is 3. The van der Waals surface area contributed by atoms with Crippen LogP contribution >= 0.6 is 11.6 Å². The van der Waals surface area contributed by atoms with Gasteiger partial charge in [-0.3, -0.25) is 10.1 Å². The van der Waals surface area contributed by atoms with E-state index in [1.807, 2.05) is 0 Å². The summed E-state index contributed by atoms with van der Waals surface area (Å²) in [7, 11) is 3.33. The average Bonchev–Trinajstić information content (AvgIpc) is 2.76. The minimum Gasteiger partial charge on any atom is -0.335 e. The number of halogens is 4. The number of benzene rings is 2. The maximum absolute atomic E-state index is 13.8. The molecule has 0 spiro atoms. The molecule has 2 aromatic carbocycles. The third-order valence-electron chi connectivity index (χ3n) is 5.28. The van der Waals surface area contributed by atoms with Crippen LogP contribution in [0.1, 0.15) is 36.0 Å². The van der Waals surface area contributed by atoms with E-state index in [9.17, 15) is 22.8 Å². The van der Waals surface area contributed by atoms with Crippen molar-refractivity contribution in [3.05, 3.63) is 64.4 Å². The van der Waals surface area contributed by atoms with Crippen LogP contribution in [0.25, 0.3) is 0 Å². The van der Waals surface area contributed by atoms with Crippen LogP contribution in [0.4, 0.5) is 23.7 Å². The standard InChI is InChI=1S/C23H25ClF3N5O2/c1-32(2)23(34)30-17-6-4-16(5-7-17)28-22(29-18-11-14(24)10-15(25)12-18)31-21(33)13-3-8-19(26)20(27)9-13/h3,8-12,16-17H,4-7H2,1-2H3,(H,30,34)(H2,28,29,31,33). The summed E-state index contributed by atoms with van der Waals surface area (Å²) in [4.78, 5) is 30.5. The molecule has 0 bridgehead atoms. The molecule has 3 N–H and O–H groups in total. The normalized spacial score (nSPS) is 18.2. The highest BCUT2D eigenvalue weighted by molar-refractivity contribution is 6.31. The first-order chi connectivity index (χ1) is 16.1. The molecule has 0 radical (unpaired) electrons. The summed E-state index contributed by atoms with van der Waals surface area (Å²) in [5, 5.41) is 8.47. The minimum absolute atomic E-state index is 0.0107. The van der Waals surface area contributed by atoms with Crippen molar-refractivity contribution in [2.75, 3.05) is 19.4 Å². The second-order valence-electron chi connectivity index (χ2n) is 8.19. The molecule has 182 valence electrons. The summed E-state index contributed by atoms with van der Waals surface area (Å²) in [5.41, 5.74) is 0.141. The van der Waals surface area contributed by atoms with E-state index in [0.717, 1.165) is 24.3 Å². The van der Waals surface area contributed by atoms with E-state index < -0.39 is 23.4 Å². The van der Waals surface area contributed by atoms with Crippen LogP contribution in [0.5, 0.6) is 0 Å². The highest BCUT2D eigenvalue weighted by Crippen LogP contribution is 2.23. The van der Waals surface area contributed by atoms with Crippen LogP contribution in [0, 0.1) is 17.5 Å². The van der Waals surface area contributed by atoms with E-state index in [1.54, 1.807) is 14.1 Å². The molecule has 3 rings (SSSR count). The number of carbonyl (C=O) groups is 2. The van der Waals surface area contributed by atoms with E-state index in [-0.39, 0.29) is 40.3 Å². The van der Waals surface area contributed by atoms with Crippen LogP contribution in [-0.2, 0) is 0 Å². The van der Waals surface area contributed by atoms with Gasteiger partial charge in [-0.2, -0.15) is 0 Å². The summed E-state index contributed by atoms with van der Waals surface area (Å²) in [5.74, 6) is -3.53. The van der Waals surface area contributed by atoms with Gasteiger partial charge in [-0.15, -0.1) is 0 Å². The molecule has 0 heterocycles. The number of hydrogen-bond acceptors (Lipinski definition) is 3. The van der Waals surface area contributed by atoms with Crippen molar-refractivity contribution >= 4 is 35.2 Å². The van der Waals surface area contributed by atoms with Gasteiger partial charge in [-0.1, -0.05) is 11.6 Å². The van der Waals surface area contributed by atoms with E-state index in [1.165, 1.54) is 17.0 Å². The predicted octanol–water partition coefficient (Wildman–Crippen LogP) is 4.54. The first kappa shape index (κ1) is 25.4. The van der Waals surface area contributed by atoms with E-state index >= 15 is 0 Å². The highest BCUT2D eigenvalue weighted by Gasteiger charge is 2.23. The number of hydrogen-bond donors (Lipinski definition) is 3. The molecule has 3 amide bonds. The van der Waals surface area contributed by atoms with Crippen molar-refractivity contribution in [1.29, 1.82) is 0 Å². The summed E-state index contributed by atoms with van der Waals surface area (Å²) in [6.07, 6.45) is 2.64. The highest BCUT2D eigenvalue weighted by atomic mass is 35.5. The average molecular weight is 496 g/mol. The van der Waals surface area contributed by atoms with Gasteiger partial charge in [-0.05, 0) is 62.1 Å². The molecule has 0 atom stereocenters. The van der Waals surface area contributed by atoms with E-state index in [2.05, 4.69) is 20.9 Å². The lowest BCUT2D eigenvalue weighted by atomic mass is 9.91. The molecule has 0 saturated heterocycles. The lowest BCUT2D eigenvalue weighted by Gasteiger charge is -2.28. The van der Waals surface area contributed by atoms with E-state index in [0.29, 0.717) is 25.7 Å². The van der Waals surface area contributed by atoms with Crippen molar-refractivity contribution in [2.45, 2.75) is 37.8 Å². The van der Waals surface area contributed by atoms with Crippen LogP contribution in [-0.4, -0.2) is 49.0 Å². The SMILES string of the molecule is CN(C)C(=O)NC1CCC(N=C(NC(=O)c2ccc(F)c(F)c2)Nc2cc(F)cc(Cl)c2)CC1. The third-order valence-corrected chi connectivity index (χ3v) is 5.50. The minimum atomic E-state index is -1.16. The Morgan fingerprint density at radius 1 is 1.00 bits per heavy atom. The van der Waals surface area contributed by atoms with Crippen LogP contribution in [0.2, 0.25) is 5.02 Å². The third kappa shape index (κ3) is 7.11. The van der Waals surface area contributed by atoms with Crippen LogP contribution in [0.3, 0.4) is 0 Å². The summed E-state index contributed by atoms with van der Waals surface area (Å²) in [6.45, 7) is 0. The van der Waals surface area contributed by atoms with E-state index in [4.69, 9.17) is 11.6 Å². The maximum Gasteiger partial charge on any atom is 0.317 e. The number of anilines is 1. The largest absolute Gasteiger partial charge is 0.335 e. The molecular formula is C23H25ClF3N5O2. The number of aliphatic imine (C=N–C) groups is 1. The number of rotatable bonds is 4. The Morgan fingerprint density at radius 3 is 2.32 bits per heavy atom. The van der Waals surface area contributed by atoms with Gasteiger partial charge in [0, 0.05) is 36.4 Å². The van der Waals surface area contributed by atoms with Gasteiger partial charge in [-0.25, -0.2) is 23.0 Å². The fraction of sp³-hybridized carbons (Fsp3) is 0.348. The number of guanidine groups is 1.